The molecule has 0 saturated heterocycles. The molecule has 0 heterocycles. The van der Waals surface area contributed by atoms with E-state index in [1.807, 2.05) is 55.5 Å². The zero-order valence-corrected chi connectivity index (χ0v) is 17.3. The molecule has 0 spiro atoms. The molecule has 3 rings (SSSR count). The molecule has 1 fully saturated rings. The van der Waals surface area contributed by atoms with Crippen LogP contribution in [0.1, 0.15) is 43.4 Å². The summed E-state index contributed by atoms with van der Waals surface area (Å²) in [5.74, 6) is 0.520. The highest BCUT2D eigenvalue weighted by atomic mass is 35.5. The number of carbonyl (C=O) groups is 2. The third-order valence-electron chi connectivity index (χ3n) is 4.75. The highest BCUT2D eigenvalue weighted by Crippen LogP contribution is 2.20. The zero-order chi connectivity index (χ0) is 19.9. The van der Waals surface area contributed by atoms with Crippen LogP contribution >= 0.6 is 12.4 Å². The van der Waals surface area contributed by atoms with Gasteiger partial charge in [-0.1, -0.05) is 30.3 Å². The summed E-state index contributed by atoms with van der Waals surface area (Å²) in [6.45, 7) is 1.96. The third kappa shape index (κ3) is 7.31. The number of anilines is 1. The van der Waals surface area contributed by atoms with Gasteiger partial charge in [0.2, 0.25) is 5.91 Å². The molecule has 4 N–H and O–H groups in total. The van der Waals surface area contributed by atoms with E-state index in [0.29, 0.717) is 30.3 Å². The van der Waals surface area contributed by atoms with Gasteiger partial charge in [0.25, 0.3) is 5.91 Å². The van der Waals surface area contributed by atoms with E-state index in [2.05, 4.69) is 10.6 Å². The Bertz CT molecular complexity index is 822. The summed E-state index contributed by atoms with van der Waals surface area (Å²) in [7, 11) is 0. The van der Waals surface area contributed by atoms with Gasteiger partial charge in [-0.05, 0) is 55.5 Å². The van der Waals surface area contributed by atoms with Crippen LogP contribution in [0.4, 0.5) is 5.69 Å². The molecule has 29 heavy (non-hydrogen) atoms. The summed E-state index contributed by atoms with van der Waals surface area (Å²) in [6, 6.07) is 15.2. The minimum Gasteiger partial charge on any atom is -0.484 e. The number of ether oxygens (including phenoxy) is 1. The molecule has 2 aromatic carbocycles. The van der Waals surface area contributed by atoms with Crippen molar-refractivity contribution in [3.05, 3.63) is 59.7 Å². The van der Waals surface area contributed by atoms with Crippen molar-refractivity contribution in [1.82, 2.24) is 10.6 Å². The number of halogens is 1. The monoisotopic (exact) mass is 417 g/mol. The topological polar surface area (TPSA) is 93.5 Å². The second-order valence-electron chi connectivity index (χ2n) is 7.19. The Labute approximate surface area is 177 Å². The number of carbonyl (C=O) groups excluding carboxylic acids is 2. The first kappa shape index (κ1) is 22.6. The van der Waals surface area contributed by atoms with E-state index in [0.717, 1.165) is 24.0 Å². The molecule has 1 aliphatic carbocycles. The van der Waals surface area contributed by atoms with Crippen molar-refractivity contribution in [2.75, 3.05) is 12.3 Å². The first-order valence-corrected chi connectivity index (χ1v) is 9.66. The maximum Gasteiger partial charge on any atom is 0.258 e. The first-order valence-electron chi connectivity index (χ1n) is 9.66. The minimum absolute atomic E-state index is 0. The lowest BCUT2D eigenvalue weighted by Crippen LogP contribution is -2.30. The van der Waals surface area contributed by atoms with Gasteiger partial charge in [-0.3, -0.25) is 9.59 Å². The average Bonchev–Trinajstić information content (AvgIpc) is 3.50. The van der Waals surface area contributed by atoms with E-state index in [-0.39, 0.29) is 36.9 Å². The second kappa shape index (κ2) is 10.7. The molecule has 1 aliphatic rings. The van der Waals surface area contributed by atoms with Crippen LogP contribution in [0.25, 0.3) is 0 Å². The van der Waals surface area contributed by atoms with Crippen molar-refractivity contribution in [3.63, 3.8) is 0 Å². The molecule has 156 valence electrons. The van der Waals surface area contributed by atoms with Crippen molar-refractivity contribution in [1.29, 1.82) is 0 Å². The fourth-order valence-electron chi connectivity index (χ4n) is 2.91. The first-order chi connectivity index (χ1) is 13.5. The standard InChI is InChI=1S/C22H27N3O3.ClH/c1-15(24-21(26)13-8-17-4-2-3-5-20(17)23)16-6-11-19(12-7-16)28-14-22(27)25-18-9-10-18;/h2-7,11-12,15,18H,8-10,13-14,23H2,1H3,(H,24,26)(H,25,27);1H. The number of benzene rings is 2. The molecule has 1 unspecified atom stereocenters. The molecule has 2 aromatic rings. The summed E-state index contributed by atoms with van der Waals surface area (Å²) < 4.78 is 5.50. The smallest absolute Gasteiger partial charge is 0.258 e. The Kier molecular flexibility index (Phi) is 8.34. The Hall–Kier alpha value is -2.73. The van der Waals surface area contributed by atoms with E-state index < -0.39 is 0 Å². The molecule has 7 heteroatoms. The third-order valence-corrected chi connectivity index (χ3v) is 4.75. The predicted octanol–water partition coefficient (Wildman–Crippen LogP) is 3.16. The molecular weight excluding hydrogens is 390 g/mol. The second-order valence-corrected chi connectivity index (χ2v) is 7.19. The highest BCUT2D eigenvalue weighted by molar-refractivity contribution is 5.85. The number of hydrogen-bond donors (Lipinski definition) is 3. The summed E-state index contributed by atoms with van der Waals surface area (Å²) in [6.07, 6.45) is 3.11. The van der Waals surface area contributed by atoms with Crippen LogP contribution in [-0.4, -0.2) is 24.5 Å². The van der Waals surface area contributed by atoms with Crippen molar-refractivity contribution in [2.45, 2.75) is 44.7 Å². The Morgan fingerprint density at radius 2 is 1.79 bits per heavy atom. The number of aryl methyl sites for hydroxylation is 1. The van der Waals surface area contributed by atoms with Crippen molar-refractivity contribution >= 4 is 29.9 Å². The largest absolute Gasteiger partial charge is 0.484 e. The van der Waals surface area contributed by atoms with Gasteiger partial charge in [0.05, 0.1) is 6.04 Å². The molecule has 0 aliphatic heterocycles. The number of nitrogens with two attached hydrogens (primary N) is 1. The maximum absolute atomic E-state index is 12.2. The van der Waals surface area contributed by atoms with Gasteiger partial charge in [0.1, 0.15) is 5.75 Å². The van der Waals surface area contributed by atoms with Crippen molar-refractivity contribution in [3.8, 4) is 5.75 Å². The lowest BCUT2D eigenvalue weighted by molar-refractivity contribution is -0.123. The molecule has 2 amide bonds. The molecule has 1 atom stereocenters. The van der Waals surface area contributed by atoms with E-state index in [1.54, 1.807) is 0 Å². The molecular formula is C22H28ClN3O3. The number of para-hydroxylation sites is 1. The Balaban J connectivity index is 0.00000300. The summed E-state index contributed by atoms with van der Waals surface area (Å²) >= 11 is 0. The highest BCUT2D eigenvalue weighted by Gasteiger charge is 2.23. The van der Waals surface area contributed by atoms with Gasteiger partial charge in [-0.25, -0.2) is 0 Å². The number of hydrogen-bond acceptors (Lipinski definition) is 4. The summed E-state index contributed by atoms with van der Waals surface area (Å²) in [5.41, 5.74) is 8.59. The van der Waals surface area contributed by atoms with Gasteiger partial charge in [-0.2, -0.15) is 0 Å². The number of amides is 2. The normalized spacial score (nSPS) is 13.7. The lowest BCUT2D eigenvalue weighted by Gasteiger charge is -2.15. The lowest BCUT2D eigenvalue weighted by atomic mass is 10.1. The van der Waals surface area contributed by atoms with E-state index >= 15 is 0 Å². The number of nitrogen functional groups attached to an aromatic ring is 1. The SMILES string of the molecule is CC(NC(=O)CCc1ccccc1N)c1ccc(OCC(=O)NC2CC2)cc1.Cl. The zero-order valence-electron chi connectivity index (χ0n) is 16.5. The van der Waals surface area contributed by atoms with Crippen LogP contribution in [0, 0.1) is 0 Å². The van der Waals surface area contributed by atoms with E-state index in [9.17, 15) is 9.59 Å². The fraction of sp³-hybridized carbons (Fsp3) is 0.364. The van der Waals surface area contributed by atoms with E-state index in [1.165, 1.54) is 0 Å². The van der Waals surface area contributed by atoms with Gasteiger partial charge < -0.3 is 21.1 Å². The molecule has 0 radical (unpaired) electrons. The van der Waals surface area contributed by atoms with Crippen LogP contribution in [-0.2, 0) is 16.0 Å². The fourth-order valence-corrected chi connectivity index (χ4v) is 2.91. The van der Waals surface area contributed by atoms with Crippen molar-refractivity contribution < 1.29 is 14.3 Å². The van der Waals surface area contributed by atoms with E-state index in [4.69, 9.17) is 10.5 Å². The van der Waals surface area contributed by atoms with Gasteiger partial charge >= 0.3 is 0 Å². The van der Waals surface area contributed by atoms with Gasteiger partial charge in [0, 0.05) is 18.2 Å². The Morgan fingerprint density at radius 1 is 1.10 bits per heavy atom. The summed E-state index contributed by atoms with van der Waals surface area (Å²) in [5, 5.41) is 5.88. The van der Waals surface area contributed by atoms with Crippen LogP contribution < -0.4 is 21.1 Å². The van der Waals surface area contributed by atoms with Crippen LogP contribution in [0.15, 0.2) is 48.5 Å². The number of rotatable bonds is 9. The molecule has 1 saturated carbocycles. The maximum atomic E-state index is 12.2. The molecule has 0 aromatic heterocycles. The molecule has 6 nitrogen and oxygen atoms in total. The summed E-state index contributed by atoms with van der Waals surface area (Å²) in [4.78, 5) is 23.9. The average molecular weight is 418 g/mol. The minimum atomic E-state index is -0.118. The molecule has 0 bridgehead atoms. The number of nitrogens with one attached hydrogen (secondary N) is 2. The Morgan fingerprint density at radius 3 is 2.45 bits per heavy atom. The van der Waals surface area contributed by atoms with Crippen molar-refractivity contribution in [2.24, 2.45) is 0 Å². The van der Waals surface area contributed by atoms with Gasteiger partial charge in [-0.15, -0.1) is 12.4 Å². The van der Waals surface area contributed by atoms with Crippen LogP contribution in [0.2, 0.25) is 0 Å². The van der Waals surface area contributed by atoms with Gasteiger partial charge in [0.15, 0.2) is 6.61 Å². The van der Waals surface area contributed by atoms with Crippen LogP contribution in [0.3, 0.4) is 0 Å². The quantitative estimate of drug-likeness (QED) is 0.546. The predicted molar refractivity (Wildman–Crippen MR) is 116 cm³/mol. The van der Waals surface area contributed by atoms with Crippen LogP contribution in [0.5, 0.6) is 5.75 Å².